The highest BCUT2D eigenvalue weighted by Crippen LogP contribution is 2.29. The first-order valence-electron chi connectivity index (χ1n) is 4.80. The van der Waals surface area contributed by atoms with Crippen LogP contribution in [0.4, 0.5) is 0 Å². The third-order valence-electron chi connectivity index (χ3n) is 3.07. The standard InChI is InChI=1S/C9H18N2/c1-2-9(6-10-7-9)11-5-8-3-4-8/h8,10-11H,2-7H2,1H3. The molecule has 0 atom stereocenters. The maximum atomic E-state index is 3.68. The third kappa shape index (κ3) is 1.57. The van der Waals surface area contributed by atoms with Crippen molar-refractivity contribution in [2.24, 2.45) is 5.92 Å². The molecule has 1 aliphatic heterocycles. The van der Waals surface area contributed by atoms with E-state index < -0.39 is 0 Å². The van der Waals surface area contributed by atoms with Crippen molar-refractivity contribution >= 4 is 0 Å². The Balaban J connectivity index is 1.72. The van der Waals surface area contributed by atoms with E-state index in [0.717, 1.165) is 5.92 Å². The minimum atomic E-state index is 0.475. The van der Waals surface area contributed by atoms with Crippen molar-refractivity contribution in [1.82, 2.24) is 10.6 Å². The van der Waals surface area contributed by atoms with Gasteiger partial charge in [0.1, 0.15) is 0 Å². The van der Waals surface area contributed by atoms with Gasteiger partial charge in [0.15, 0.2) is 0 Å². The topological polar surface area (TPSA) is 24.1 Å². The van der Waals surface area contributed by atoms with Crippen LogP contribution in [0, 0.1) is 5.92 Å². The maximum Gasteiger partial charge on any atom is 0.0429 e. The molecule has 0 aromatic rings. The third-order valence-corrected chi connectivity index (χ3v) is 3.07. The van der Waals surface area contributed by atoms with Crippen LogP contribution in [0.25, 0.3) is 0 Å². The Labute approximate surface area is 68.7 Å². The van der Waals surface area contributed by atoms with E-state index in [1.54, 1.807) is 0 Å². The van der Waals surface area contributed by atoms with Crippen LogP contribution in [0.15, 0.2) is 0 Å². The van der Waals surface area contributed by atoms with Crippen LogP contribution < -0.4 is 10.6 Å². The Kier molecular flexibility index (Phi) is 1.90. The highest BCUT2D eigenvalue weighted by Gasteiger charge is 2.35. The molecular weight excluding hydrogens is 136 g/mol. The summed E-state index contributed by atoms with van der Waals surface area (Å²) in [5.41, 5.74) is 0.475. The van der Waals surface area contributed by atoms with Crippen molar-refractivity contribution in [1.29, 1.82) is 0 Å². The number of hydrogen-bond donors (Lipinski definition) is 2. The van der Waals surface area contributed by atoms with Gasteiger partial charge < -0.3 is 10.6 Å². The molecule has 11 heavy (non-hydrogen) atoms. The molecule has 0 radical (unpaired) electrons. The van der Waals surface area contributed by atoms with E-state index >= 15 is 0 Å². The summed E-state index contributed by atoms with van der Waals surface area (Å²) in [7, 11) is 0. The summed E-state index contributed by atoms with van der Waals surface area (Å²) < 4.78 is 0. The second-order valence-electron chi connectivity index (χ2n) is 4.06. The van der Waals surface area contributed by atoms with Crippen LogP contribution in [0.5, 0.6) is 0 Å². The summed E-state index contributed by atoms with van der Waals surface area (Å²) in [6.07, 6.45) is 4.19. The van der Waals surface area contributed by atoms with Crippen LogP contribution in [0.1, 0.15) is 26.2 Å². The molecule has 2 N–H and O–H groups in total. The lowest BCUT2D eigenvalue weighted by molar-refractivity contribution is 0.205. The predicted molar refractivity (Wildman–Crippen MR) is 46.6 cm³/mol. The SMILES string of the molecule is CCC1(NCC2CC2)CNC1. The minimum Gasteiger partial charge on any atom is -0.313 e. The number of rotatable bonds is 4. The van der Waals surface area contributed by atoms with Gasteiger partial charge >= 0.3 is 0 Å². The van der Waals surface area contributed by atoms with Crippen LogP contribution in [-0.2, 0) is 0 Å². The van der Waals surface area contributed by atoms with Crippen LogP contribution >= 0.6 is 0 Å². The number of nitrogens with one attached hydrogen (secondary N) is 2. The van der Waals surface area contributed by atoms with Crippen molar-refractivity contribution in [3.63, 3.8) is 0 Å². The monoisotopic (exact) mass is 154 g/mol. The fourth-order valence-electron chi connectivity index (χ4n) is 1.61. The van der Waals surface area contributed by atoms with Crippen molar-refractivity contribution < 1.29 is 0 Å². The molecule has 1 saturated carbocycles. The lowest BCUT2D eigenvalue weighted by Gasteiger charge is -2.43. The zero-order valence-electron chi connectivity index (χ0n) is 7.32. The van der Waals surface area contributed by atoms with Gasteiger partial charge in [-0.05, 0) is 31.7 Å². The molecule has 1 heterocycles. The normalized spacial score (nSPS) is 28.1. The quantitative estimate of drug-likeness (QED) is 0.624. The molecule has 0 unspecified atom stereocenters. The van der Waals surface area contributed by atoms with Gasteiger partial charge in [0.2, 0.25) is 0 Å². The molecular formula is C9H18N2. The molecule has 0 amide bonds. The highest BCUT2D eigenvalue weighted by molar-refractivity contribution is 5.00. The van der Waals surface area contributed by atoms with Gasteiger partial charge in [0.05, 0.1) is 0 Å². The lowest BCUT2D eigenvalue weighted by atomic mass is 9.89. The Morgan fingerprint density at radius 2 is 2.18 bits per heavy atom. The van der Waals surface area contributed by atoms with Crippen molar-refractivity contribution in [3.8, 4) is 0 Å². The first-order chi connectivity index (χ1) is 5.35. The Morgan fingerprint density at radius 1 is 1.45 bits per heavy atom. The lowest BCUT2D eigenvalue weighted by Crippen LogP contribution is -2.67. The van der Waals surface area contributed by atoms with Gasteiger partial charge in [0, 0.05) is 18.6 Å². The zero-order valence-corrected chi connectivity index (χ0v) is 7.32. The summed E-state index contributed by atoms with van der Waals surface area (Å²) in [5, 5.41) is 7.02. The molecule has 0 spiro atoms. The van der Waals surface area contributed by atoms with Gasteiger partial charge in [-0.1, -0.05) is 6.92 Å². The first kappa shape index (κ1) is 7.56. The van der Waals surface area contributed by atoms with Gasteiger partial charge in [0.25, 0.3) is 0 Å². The highest BCUT2D eigenvalue weighted by atomic mass is 15.1. The first-order valence-corrected chi connectivity index (χ1v) is 4.80. The Bertz CT molecular complexity index is 131. The predicted octanol–water partition coefficient (Wildman–Crippen LogP) is 0.738. The molecule has 2 fully saturated rings. The second-order valence-corrected chi connectivity index (χ2v) is 4.06. The van der Waals surface area contributed by atoms with Crippen LogP contribution in [-0.4, -0.2) is 25.2 Å². The molecule has 2 aliphatic rings. The second kappa shape index (κ2) is 2.76. The molecule has 2 nitrogen and oxygen atoms in total. The van der Waals surface area contributed by atoms with E-state index in [0.29, 0.717) is 5.54 Å². The van der Waals surface area contributed by atoms with Crippen molar-refractivity contribution in [2.45, 2.75) is 31.7 Å². The fraction of sp³-hybridized carbons (Fsp3) is 1.00. The molecule has 2 heteroatoms. The molecule has 0 bridgehead atoms. The maximum absolute atomic E-state index is 3.68. The average Bonchev–Trinajstić information content (AvgIpc) is 2.70. The van der Waals surface area contributed by atoms with E-state index in [9.17, 15) is 0 Å². The Hall–Kier alpha value is -0.0800. The molecule has 1 aliphatic carbocycles. The summed E-state index contributed by atoms with van der Waals surface area (Å²) in [4.78, 5) is 0. The van der Waals surface area contributed by atoms with Crippen LogP contribution in [0.3, 0.4) is 0 Å². The zero-order chi connectivity index (χ0) is 7.73. The summed E-state index contributed by atoms with van der Waals surface area (Å²) in [6, 6.07) is 0. The van der Waals surface area contributed by atoms with Gasteiger partial charge in [-0.15, -0.1) is 0 Å². The molecule has 0 aromatic heterocycles. The fourth-order valence-corrected chi connectivity index (χ4v) is 1.61. The van der Waals surface area contributed by atoms with Gasteiger partial charge in [-0.3, -0.25) is 0 Å². The van der Waals surface area contributed by atoms with Gasteiger partial charge in [-0.25, -0.2) is 0 Å². The number of hydrogen-bond acceptors (Lipinski definition) is 2. The van der Waals surface area contributed by atoms with Crippen molar-refractivity contribution in [2.75, 3.05) is 19.6 Å². The smallest absolute Gasteiger partial charge is 0.0429 e. The molecule has 2 rings (SSSR count). The summed E-state index contributed by atoms with van der Waals surface area (Å²) >= 11 is 0. The van der Waals surface area contributed by atoms with Gasteiger partial charge in [-0.2, -0.15) is 0 Å². The summed E-state index contributed by atoms with van der Waals surface area (Å²) in [6.45, 7) is 5.89. The molecule has 1 saturated heterocycles. The van der Waals surface area contributed by atoms with E-state index in [1.807, 2.05) is 0 Å². The van der Waals surface area contributed by atoms with E-state index in [-0.39, 0.29) is 0 Å². The largest absolute Gasteiger partial charge is 0.313 e. The van der Waals surface area contributed by atoms with Crippen molar-refractivity contribution in [3.05, 3.63) is 0 Å². The van der Waals surface area contributed by atoms with E-state index in [4.69, 9.17) is 0 Å². The van der Waals surface area contributed by atoms with Crippen LogP contribution in [0.2, 0.25) is 0 Å². The summed E-state index contributed by atoms with van der Waals surface area (Å²) in [5.74, 6) is 1.01. The molecule has 0 aromatic carbocycles. The van der Waals surface area contributed by atoms with E-state index in [1.165, 1.54) is 38.9 Å². The van der Waals surface area contributed by atoms with E-state index in [2.05, 4.69) is 17.6 Å². The molecule has 64 valence electrons. The minimum absolute atomic E-state index is 0.475. The average molecular weight is 154 g/mol. The Morgan fingerprint density at radius 3 is 2.55 bits per heavy atom.